The summed E-state index contributed by atoms with van der Waals surface area (Å²) >= 11 is 5.22. The molecule has 0 saturated heterocycles. The van der Waals surface area contributed by atoms with E-state index in [2.05, 4.69) is 57.1 Å². The summed E-state index contributed by atoms with van der Waals surface area (Å²) in [6, 6.07) is 0.417. The third-order valence-corrected chi connectivity index (χ3v) is 4.75. The molecule has 0 amide bonds. The quantitative estimate of drug-likeness (QED) is 0.815. The lowest BCUT2D eigenvalue weighted by Gasteiger charge is -2.24. The van der Waals surface area contributed by atoms with Crippen LogP contribution in [0.25, 0.3) is 10.2 Å². The van der Waals surface area contributed by atoms with E-state index in [0.717, 1.165) is 16.7 Å². The molecule has 2 aromatic rings. The Morgan fingerprint density at radius 1 is 1.50 bits per heavy atom. The first-order valence-electron chi connectivity index (χ1n) is 5.12. The number of aryl methyl sites for hydroxylation is 1. The molecule has 86 valence electrons. The number of hydrogen-bond donors (Lipinski definition) is 0. The van der Waals surface area contributed by atoms with Crippen LogP contribution in [-0.2, 0) is 0 Å². The van der Waals surface area contributed by atoms with Gasteiger partial charge in [-0.1, -0.05) is 15.9 Å². The fraction of sp³-hybridized carbons (Fsp3) is 0.455. The first-order valence-corrected chi connectivity index (χ1v) is 7.13. The molecule has 0 N–H and O–H groups in total. The summed E-state index contributed by atoms with van der Waals surface area (Å²) in [5.41, 5.74) is 2.30. The second kappa shape index (κ2) is 4.67. The number of alkyl halides is 1. The zero-order valence-corrected chi connectivity index (χ0v) is 12.0. The summed E-state index contributed by atoms with van der Waals surface area (Å²) in [5.74, 6) is 1.02. The second-order valence-electron chi connectivity index (χ2n) is 3.91. The minimum atomic E-state index is 0.417. The zero-order chi connectivity index (χ0) is 11.7. The van der Waals surface area contributed by atoms with Crippen molar-refractivity contribution in [1.29, 1.82) is 0 Å². The van der Waals surface area contributed by atoms with Gasteiger partial charge in [0, 0.05) is 18.4 Å². The van der Waals surface area contributed by atoms with E-state index >= 15 is 0 Å². The monoisotopic (exact) mass is 299 g/mol. The Morgan fingerprint density at radius 2 is 2.25 bits per heavy atom. The van der Waals surface area contributed by atoms with Gasteiger partial charge in [0.15, 0.2) is 0 Å². The van der Waals surface area contributed by atoms with Gasteiger partial charge >= 0.3 is 0 Å². The van der Waals surface area contributed by atoms with E-state index in [9.17, 15) is 0 Å². The van der Waals surface area contributed by atoms with Crippen molar-refractivity contribution in [2.75, 3.05) is 17.3 Å². The van der Waals surface area contributed by atoms with Gasteiger partial charge in [-0.15, -0.1) is 11.3 Å². The molecule has 0 bridgehead atoms. The Labute approximate surface area is 108 Å². The van der Waals surface area contributed by atoms with Crippen LogP contribution in [0.15, 0.2) is 11.7 Å². The van der Waals surface area contributed by atoms with E-state index in [-0.39, 0.29) is 0 Å². The molecule has 0 aromatic carbocycles. The molecule has 0 radical (unpaired) electrons. The summed E-state index contributed by atoms with van der Waals surface area (Å²) in [7, 11) is 2.07. The van der Waals surface area contributed by atoms with Gasteiger partial charge in [0.1, 0.15) is 12.1 Å². The van der Waals surface area contributed by atoms with Gasteiger partial charge in [0.25, 0.3) is 0 Å². The molecule has 1 unspecified atom stereocenters. The highest BCUT2D eigenvalue weighted by Gasteiger charge is 2.15. The fourth-order valence-electron chi connectivity index (χ4n) is 1.52. The smallest absolute Gasteiger partial charge is 0.150 e. The minimum absolute atomic E-state index is 0.417. The van der Waals surface area contributed by atoms with Gasteiger partial charge < -0.3 is 4.90 Å². The van der Waals surface area contributed by atoms with Gasteiger partial charge in [-0.05, 0) is 24.8 Å². The maximum atomic E-state index is 4.39. The number of rotatable bonds is 3. The van der Waals surface area contributed by atoms with Crippen molar-refractivity contribution in [2.24, 2.45) is 0 Å². The topological polar surface area (TPSA) is 29.0 Å². The van der Waals surface area contributed by atoms with Crippen LogP contribution < -0.4 is 4.90 Å². The first-order chi connectivity index (χ1) is 7.65. The maximum absolute atomic E-state index is 4.39. The molecule has 1 atom stereocenters. The van der Waals surface area contributed by atoms with Crippen LogP contribution in [0.2, 0.25) is 0 Å². The maximum Gasteiger partial charge on any atom is 0.150 e. The number of hydrogen-bond acceptors (Lipinski definition) is 4. The molecule has 0 spiro atoms. The summed E-state index contributed by atoms with van der Waals surface area (Å²) < 4.78 is 1.18. The van der Waals surface area contributed by atoms with Crippen molar-refractivity contribution < 1.29 is 0 Å². The third-order valence-electron chi connectivity index (χ3n) is 2.73. The number of halogens is 1. The van der Waals surface area contributed by atoms with Gasteiger partial charge in [-0.2, -0.15) is 0 Å². The average molecular weight is 300 g/mol. The van der Waals surface area contributed by atoms with E-state index in [4.69, 9.17) is 0 Å². The lowest BCUT2D eigenvalue weighted by Crippen LogP contribution is -2.30. The fourth-order valence-corrected chi connectivity index (χ4v) is 2.99. The Hall–Kier alpha value is -0.680. The van der Waals surface area contributed by atoms with Crippen molar-refractivity contribution in [1.82, 2.24) is 9.97 Å². The molecule has 3 nitrogen and oxygen atoms in total. The highest BCUT2D eigenvalue weighted by molar-refractivity contribution is 9.09. The van der Waals surface area contributed by atoms with Crippen LogP contribution in [-0.4, -0.2) is 28.4 Å². The van der Waals surface area contributed by atoms with Gasteiger partial charge in [0.05, 0.1) is 10.2 Å². The van der Waals surface area contributed by atoms with Crippen LogP contribution in [0.5, 0.6) is 0 Å². The van der Waals surface area contributed by atoms with E-state index in [0.29, 0.717) is 6.04 Å². The molecular weight excluding hydrogens is 286 g/mol. The summed E-state index contributed by atoms with van der Waals surface area (Å²) in [4.78, 5) is 10.9. The Balaban J connectivity index is 2.52. The number of anilines is 1. The third kappa shape index (κ3) is 1.94. The normalized spacial score (nSPS) is 13.0. The highest BCUT2D eigenvalue weighted by Crippen LogP contribution is 2.31. The van der Waals surface area contributed by atoms with Crippen LogP contribution in [0, 0.1) is 6.92 Å². The molecule has 2 heterocycles. The highest BCUT2D eigenvalue weighted by atomic mass is 79.9. The second-order valence-corrected chi connectivity index (χ2v) is 5.44. The molecule has 0 aliphatic heterocycles. The van der Waals surface area contributed by atoms with Gasteiger partial charge in [0.2, 0.25) is 0 Å². The molecule has 0 aliphatic rings. The molecule has 5 heteroatoms. The van der Waals surface area contributed by atoms with E-state index in [1.807, 2.05) is 0 Å². The lowest BCUT2D eigenvalue weighted by atomic mass is 10.3. The zero-order valence-electron chi connectivity index (χ0n) is 9.57. The molecule has 0 saturated carbocycles. The average Bonchev–Trinajstić information content (AvgIpc) is 2.69. The lowest BCUT2D eigenvalue weighted by molar-refractivity contribution is 0.760. The Bertz CT molecular complexity index is 497. The first kappa shape index (κ1) is 11.8. The van der Waals surface area contributed by atoms with E-state index in [1.165, 1.54) is 10.3 Å². The molecule has 16 heavy (non-hydrogen) atoms. The molecule has 0 fully saturated rings. The van der Waals surface area contributed by atoms with Crippen LogP contribution >= 0.6 is 27.3 Å². The largest absolute Gasteiger partial charge is 0.355 e. The molecule has 2 rings (SSSR count). The summed E-state index contributed by atoms with van der Waals surface area (Å²) in [6.07, 6.45) is 1.65. The van der Waals surface area contributed by atoms with Crippen molar-refractivity contribution in [2.45, 2.75) is 19.9 Å². The van der Waals surface area contributed by atoms with Crippen molar-refractivity contribution in [3.05, 3.63) is 17.3 Å². The van der Waals surface area contributed by atoms with Gasteiger partial charge in [-0.25, -0.2) is 9.97 Å². The molecule has 0 aliphatic carbocycles. The SMILES string of the molecule is Cc1csc2c(N(C)C(C)CBr)ncnc12. The number of aromatic nitrogens is 2. The number of thiophene rings is 1. The van der Waals surface area contributed by atoms with Gasteiger partial charge in [-0.3, -0.25) is 0 Å². The molecular formula is C11H14BrN3S. The molecule has 2 aromatic heterocycles. The Kier molecular flexibility index (Phi) is 3.44. The predicted octanol–water partition coefficient (Wildman–Crippen LogP) is 3.22. The van der Waals surface area contributed by atoms with E-state index in [1.54, 1.807) is 17.7 Å². The van der Waals surface area contributed by atoms with Crippen molar-refractivity contribution in [3.63, 3.8) is 0 Å². The predicted molar refractivity (Wildman–Crippen MR) is 73.8 cm³/mol. The van der Waals surface area contributed by atoms with Crippen molar-refractivity contribution >= 4 is 43.3 Å². The Morgan fingerprint density at radius 3 is 2.94 bits per heavy atom. The summed E-state index contributed by atoms with van der Waals surface area (Å²) in [5, 5.41) is 3.06. The minimum Gasteiger partial charge on any atom is -0.355 e. The van der Waals surface area contributed by atoms with Crippen LogP contribution in [0.3, 0.4) is 0 Å². The number of nitrogens with zero attached hydrogens (tertiary/aromatic N) is 3. The van der Waals surface area contributed by atoms with Crippen LogP contribution in [0.1, 0.15) is 12.5 Å². The van der Waals surface area contributed by atoms with Crippen molar-refractivity contribution in [3.8, 4) is 0 Å². The standard InChI is InChI=1S/C11H14BrN3S/c1-7-5-16-10-9(7)13-6-14-11(10)15(3)8(2)4-12/h5-6,8H,4H2,1-3H3. The van der Waals surface area contributed by atoms with E-state index < -0.39 is 0 Å². The van der Waals surface area contributed by atoms with Crippen LogP contribution in [0.4, 0.5) is 5.82 Å². The number of fused-ring (bicyclic) bond motifs is 1. The summed E-state index contributed by atoms with van der Waals surface area (Å²) in [6.45, 7) is 4.26.